The topological polar surface area (TPSA) is 18.5 Å². The van der Waals surface area contributed by atoms with Gasteiger partial charge < -0.3 is 9.47 Å². The van der Waals surface area contributed by atoms with Crippen LogP contribution in [0.5, 0.6) is 5.75 Å². The molecule has 0 N–H and O–H groups in total. The average Bonchev–Trinajstić information content (AvgIpc) is 2.37. The Morgan fingerprint density at radius 2 is 1.73 bits per heavy atom. The van der Waals surface area contributed by atoms with Crippen LogP contribution < -0.4 is 4.74 Å². The first kappa shape index (κ1) is 18.9. The number of hydrogen-bond acceptors (Lipinski definition) is 2. The van der Waals surface area contributed by atoms with Gasteiger partial charge in [-0.2, -0.15) is 0 Å². The van der Waals surface area contributed by atoms with Gasteiger partial charge in [-0.1, -0.05) is 34.6 Å². The van der Waals surface area contributed by atoms with E-state index in [-0.39, 0.29) is 0 Å². The molecule has 0 aromatic heterocycles. The first-order valence-electron chi connectivity index (χ1n) is 7.96. The lowest BCUT2D eigenvalue weighted by Crippen LogP contribution is -2.34. The highest BCUT2D eigenvalue weighted by Crippen LogP contribution is 2.36. The third kappa shape index (κ3) is 4.67. The normalized spacial score (nSPS) is 20.7. The Labute approximate surface area is 132 Å². The van der Waals surface area contributed by atoms with E-state index < -0.39 is 17.0 Å². The summed E-state index contributed by atoms with van der Waals surface area (Å²) in [5, 5.41) is 0. The molecule has 0 amide bonds. The average molecular weight is 314 g/mol. The van der Waals surface area contributed by atoms with Crippen LogP contribution in [0.15, 0.2) is 12.1 Å². The molecule has 4 heteroatoms. The van der Waals surface area contributed by atoms with E-state index in [4.69, 9.17) is 9.47 Å². The molecule has 0 saturated heterocycles. The summed E-state index contributed by atoms with van der Waals surface area (Å²) in [7, 11) is 1.70. The van der Waals surface area contributed by atoms with Gasteiger partial charge >= 0.3 is 0 Å². The summed E-state index contributed by atoms with van der Waals surface area (Å²) < 4.78 is 38.3. The molecular weight excluding hydrogens is 286 g/mol. The van der Waals surface area contributed by atoms with Gasteiger partial charge in [0, 0.05) is 24.8 Å². The molecule has 1 saturated carbocycles. The summed E-state index contributed by atoms with van der Waals surface area (Å²) in [5.41, 5.74) is 0.00318. The summed E-state index contributed by atoms with van der Waals surface area (Å²) in [6.45, 7) is 10.1. The summed E-state index contributed by atoms with van der Waals surface area (Å²) in [6.07, 6.45) is 2.19. The predicted molar refractivity (Wildman–Crippen MR) is 85.4 cm³/mol. The Bertz CT molecular complexity index is 475. The van der Waals surface area contributed by atoms with Crippen molar-refractivity contribution >= 4 is 0 Å². The number of hydrogen-bond donors (Lipinski definition) is 0. The molecular formula is C18H28F2O2. The van der Waals surface area contributed by atoms with E-state index in [1.807, 2.05) is 34.6 Å². The van der Waals surface area contributed by atoms with E-state index in [9.17, 15) is 8.78 Å². The Morgan fingerprint density at radius 3 is 2.23 bits per heavy atom. The summed E-state index contributed by atoms with van der Waals surface area (Å²) in [5.74, 6) is -0.431. The summed E-state index contributed by atoms with van der Waals surface area (Å²) in [6, 6.07) is 2.19. The Hall–Kier alpha value is -1.16. The number of ether oxygens (including phenoxy) is 2. The molecule has 0 radical (unpaired) electrons. The predicted octanol–water partition coefficient (Wildman–Crippen LogP) is 5.09. The van der Waals surface area contributed by atoms with Crippen LogP contribution in [0.4, 0.5) is 8.78 Å². The molecule has 126 valence electrons. The summed E-state index contributed by atoms with van der Waals surface area (Å²) in [4.78, 5) is 0. The van der Waals surface area contributed by atoms with Gasteiger partial charge in [0.2, 0.25) is 0 Å². The molecule has 0 unspecified atom stereocenters. The highest BCUT2D eigenvalue weighted by atomic mass is 19.1. The lowest BCUT2D eigenvalue weighted by atomic mass is 9.83. The van der Waals surface area contributed by atoms with E-state index in [2.05, 4.69) is 0 Å². The van der Waals surface area contributed by atoms with E-state index in [1.165, 1.54) is 6.07 Å². The highest BCUT2D eigenvalue weighted by molar-refractivity contribution is 5.40. The molecule has 0 spiro atoms. The van der Waals surface area contributed by atoms with Crippen LogP contribution in [0, 0.1) is 17.6 Å². The second kappa shape index (κ2) is 7.91. The van der Waals surface area contributed by atoms with Gasteiger partial charge in [-0.05, 0) is 24.2 Å². The molecule has 2 rings (SSSR count). The molecule has 0 bridgehead atoms. The minimum absolute atomic E-state index is 0.301. The van der Waals surface area contributed by atoms with E-state index >= 15 is 0 Å². The first-order chi connectivity index (χ1) is 10.3. The maximum Gasteiger partial charge on any atom is 0.133 e. The summed E-state index contributed by atoms with van der Waals surface area (Å²) >= 11 is 0. The molecule has 2 nitrogen and oxygen atoms in total. The molecule has 0 heterocycles. The maximum atomic E-state index is 14.0. The van der Waals surface area contributed by atoms with Gasteiger partial charge in [0.05, 0.1) is 12.7 Å². The first-order valence-corrected chi connectivity index (χ1v) is 7.96. The van der Waals surface area contributed by atoms with Crippen LogP contribution in [0.2, 0.25) is 0 Å². The number of benzene rings is 1. The Kier molecular flexibility index (Phi) is 6.79. The van der Waals surface area contributed by atoms with Crippen molar-refractivity contribution in [2.24, 2.45) is 5.92 Å². The van der Waals surface area contributed by atoms with Crippen molar-refractivity contribution in [3.63, 3.8) is 0 Å². The molecule has 1 fully saturated rings. The quantitative estimate of drug-likeness (QED) is 0.770. The molecule has 1 aromatic carbocycles. The second-order valence-corrected chi connectivity index (χ2v) is 6.52. The second-order valence-electron chi connectivity index (χ2n) is 6.52. The molecule has 0 atom stereocenters. The fourth-order valence-corrected chi connectivity index (χ4v) is 2.60. The minimum atomic E-state index is -0.603. The number of methoxy groups -OCH3 is 1. The molecule has 1 aliphatic rings. The van der Waals surface area contributed by atoms with Gasteiger partial charge in [-0.3, -0.25) is 0 Å². The Morgan fingerprint density at radius 1 is 1.14 bits per heavy atom. The van der Waals surface area contributed by atoms with Gasteiger partial charge in [0.1, 0.15) is 17.4 Å². The third-order valence-corrected chi connectivity index (χ3v) is 3.77. The standard InChI is InChI=1S/C16H22F2O2.C2H6/c1-16(2,3)15-13(18)7-11(17)8-14(15)20-9-10-5-12(6-10)19-4;1-2/h7-8,10,12H,5-6,9H2,1-4H3;1-2H3. The van der Waals surface area contributed by atoms with Crippen molar-refractivity contribution in [3.05, 3.63) is 29.3 Å². The van der Waals surface area contributed by atoms with E-state index in [0.29, 0.717) is 29.9 Å². The van der Waals surface area contributed by atoms with Crippen LogP contribution >= 0.6 is 0 Å². The van der Waals surface area contributed by atoms with Gasteiger partial charge in [0.25, 0.3) is 0 Å². The van der Waals surface area contributed by atoms with Crippen LogP contribution in [-0.2, 0) is 10.2 Å². The lowest BCUT2D eigenvalue weighted by Gasteiger charge is -2.34. The van der Waals surface area contributed by atoms with Crippen molar-refractivity contribution in [1.29, 1.82) is 0 Å². The van der Waals surface area contributed by atoms with Crippen molar-refractivity contribution in [3.8, 4) is 5.75 Å². The van der Waals surface area contributed by atoms with Crippen LogP contribution in [0.3, 0.4) is 0 Å². The van der Waals surface area contributed by atoms with E-state index in [1.54, 1.807) is 7.11 Å². The molecule has 1 aliphatic carbocycles. The molecule has 22 heavy (non-hydrogen) atoms. The molecule has 0 aliphatic heterocycles. The SMILES string of the molecule is CC.COC1CC(COc2cc(F)cc(F)c2C(C)(C)C)C1. The van der Waals surface area contributed by atoms with Gasteiger partial charge in [-0.15, -0.1) is 0 Å². The molecule has 1 aromatic rings. The van der Waals surface area contributed by atoms with Crippen LogP contribution in [0.1, 0.15) is 53.0 Å². The monoisotopic (exact) mass is 314 g/mol. The van der Waals surface area contributed by atoms with Crippen molar-refractivity contribution < 1.29 is 18.3 Å². The fraction of sp³-hybridized carbons (Fsp3) is 0.667. The van der Waals surface area contributed by atoms with Crippen molar-refractivity contribution in [2.75, 3.05) is 13.7 Å². The van der Waals surface area contributed by atoms with Gasteiger partial charge in [-0.25, -0.2) is 8.78 Å². The van der Waals surface area contributed by atoms with Crippen LogP contribution in [0.25, 0.3) is 0 Å². The largest absolute Gasteiger partial charge is 0.493 e. The third-order valence-electron chi connectivity index (χ3n) is 3.77. The van der Waals surface area contributed by atoms with Crippen molar-refractivity contribution in [1.82, 2.24) is 0 Å². The van der Waals surface area contributed by atoms with Gasteiger partial charge in [0.15, 0.2) is 0 Å². The number of halogens is 2. The van der Waals surface area contributed by atoms with Crippen LogP contribution in [-0.4, -0.2) is 19.8 Å². The highest BCUT2D eigenvalue weighted by Gasteiger charge is 2.31. The number of rotatable bonds is 4. The van der Waals surface area contributed by atoms with Crippen molar-refractivity contribution in [2.45, 2.75) is 59.0 Å². The fourth-order valence-electron chi connectivity index (χ4n) is 2.60. The zero-order valence-corrected chi connectivity index (χ0v) is 14.5. The minimum Gasteiger partial charge on any atom is -0.493 e. The van der Waals surface area contributed by atoms with E-state index in [0.717, 1.165) is 18.9 Å². The smallest absolute Gasteiger partial charge is 0.133 e. The zero-order valence-electron chi connectivity index (χ0n) is 14.5. The maximum absolute atomic E-state index is 14.0. The Balaban J connectivity index is 0.00000116. The lowest BCUT2D eigenvalue weighted by molar-refractivity contribution is -0.0144. The zero-order chi connectivity index (χ0) is 16.9.